The molecule has 0 aliphatic carbocycles. The molecular formula is C15H28ClN. The van der Waals surface area contributed by atoms with Crippen LogP contribution in [0, 0.1) is 16.7 Å². The first-order valence-electron chi connectivity index (χ1n) is 7.09. The van der Waals surface area contributed by atoms with Crippen LogP contribution in [0.25, 0.3) is 0 Å². The van der Waals surface area contributed by atoms with Crippen LogP contribution >= 0.6 is 11.6 Å². The van der Waals surface area contributed by atoms with Gasteiger partial charge in [0.15, 0.2) is 0 Å². The van der Waals surface area contributed by atoms with Gasteiger partial charge in [0, 0.05) is 5.88 Å². The molecule has 0 aromatic heterocycles. The van der Waals surface area contributed by atoms with E-state index in [2.05, 4.69) is 6.07 Å². The molecule has 0 saturated carbocycles. The lowest BCUT2D eigenvalue weighted by atomic mass is 9.88. The molecule has 2 heteroatoms. The highest BCUT2D eigenvalue weighted by atomic mass is 35.5. The van der Waals surface area contributed by atoms with Crippen molar-refractivity contribution in [3.05, 3.63) is 0 Å². The van der Waals surface area contributed by atoms with E-state index in [0.29, 0.717) is 0 Å². The summed E-state index contributed by atoms with van der Waals surface area (Å²) < 4.78 is 0. The molecule has 1 nitrogen and oxygen atoms in total. The highest BCUT2D eigenvalue weighted by molar-refractivity contribution is 6.17. The summed E-state index contributed by atoms with van der Waals surface area (Å²) in [4.78, 5) is 0. The van der Waals surface area contributed by atoms with Gasteiger partial charge >= 0.3 is 0 Å². The third-order valence-electron chi connectivity index (χ3n) is 3.24. The molecule has 100 valence electrons. The van der Waals surface area contributed by atoms with Crippen LogP contribution in [-0.2, 0) is 0 Å². The second-order valence-electron chi connectivity index (χ2n) is 5.62. The van der Waals surface area contributed by atoms with Crippen molar-refractivity contribution in [2.45, 2.75) is 78.1 Å². The van der Waals surface area contributed by atoms with E-state index in [9.17, 15) is 0 Å². The van der Waals surface area contributed by atoms with Crippen LogP contribution in [0.5, 0.6) is 0 Å². The molecule has 17 heavy (non-hydrogen) atoms. The Hall–Kier alpha value is -0.220. The summed E-state index contributed by atoms with van der Waals surface area (Å²) in [7, 11) is 0. The Kier molecular flexibility index (Phi) is 10.8. The van der Waals surface area contributed by atoms with Crippen LogP contribution in [0.15, 0.2) is 0 Å². The van der Waals surface area contributed by atoms with E-state index in [1.54, 1.807) is 0 Å². The number of unbranched alkanes of at least 4 members (excludes halogenated alkanes) is 8. The first kappa shape index (κ1) is 16.8. The molecule has 0 radical (unpaired) electrons. The largest absolute Gasteiger partial charge is 0.198 e. The average Bonchev–Trinajstić information content (AvgIpc) is 2.31. The molecule has 0 unspecified atom stereocenters. The first-order chi connectivity index (χ1) is 8.12. The van der Waals surface area contributed by atoms with Gasteiger partial charge in [-0.15, -0.1) is 11.6 Å². The zero-order valence-corrected chi connectivity index (χ0v) is 12.4. The number of nitrogens with zero attached hydrogens (tertiary/aromatic N) is 1. The van der Waals surface area contributed by atoms with E-state index in [0.717, 1.165) is 12.3 Å². The predicted molar refractivity (Wildman–Crippen MR) is 76.3 cm³/mol. The van der Waals surface area contributed by atoms with Crippen molar-refractivity contribution < 1.29 is 0 Å². The summed E-state index contributed by atoms with van der Waals surface area (Å²) in [6.07, 6.45) is 12.7. The van der Waals surface area contributed by atoms with Crippen molar-refractivity contribution >= 4 is 11.6 Å². The number of hydrogen-bond donors (Lipinski definition) is 0. The van der Waals surface area contributed by atoms with Crippen molar-refractivity contribution in [1.82, 2.24) is 0 Å². The molecule has 0 saturated heterocycles. The summed E-state index contributed by atoms with van der Waals surface area (Å²) in [6, 6.07) is 2.36. The molecular weight excluding hydrogens is 230 g/mol. The van der Waals surface area contributed by atoms with Crippen molar-refractivity contribution in [2.24, 2.45) is 5.41 Å². The van der Waals surface area contributed by atoms with Gasteiger partial charge in [0.05, 0.1) is 11.5 Å². The Morgan fingerprint density at radius 3 is 1.65 bits per heavy atom. The molecule has 0 spiro atoms. The number of rotatable bonds is 11. The van der Waals surface area contributed by atoms with Crippen LogP contribution in [0.4, 0.5) is 0 Å². The van der Waals surface area contributed by atoms with Crippen molar-refractivity contribution in [2.75, 3.05) is 5.88 Å². The summed E-state index contributed by atoms with van der Waals surface area (Å²) in [5.41, 5.74) is -0.123. The third-order valence-corrected chi connectivity index (χ3v) is 3.51. The molecule has 0 aromatic carbocycles. The number of nitriles is 1. The summed E-state index contributed by atoms with van der Waals surface area (Å²) in [5.74, 6) is 0.814. The molecule has 0 bridgehead atoms. The summed E-state index contributed by atoms with van der Waals surface area (Å²) >= 11 is 5.62. The number of halogens is 1. The first-order valence-corrected chi connectivity index (χ1v) is 7.63. The lowest BCUT2D eigenvalue weighted by Crippen LogP contribution is -2.06. The lowest BCUT2D eigenvalue weighted by molar-refractivity contribution is 0.418. The van der Waals surface area contributed by atoms with Crippen LogP contribution in [0.3, 0.4) is 0 Å². The van der Waals surface area contributed by atoms with Crippen molar-refractivity contribution in [3.8, 4) is 6.07 Å². The highest BCUT2D eigenvalue weighted by Gasteiger charge is 2.14. The Labute approximate surface area is 113 Å². The zero-order chi connectivity index (χ0) is 13.0. The number of hydrogen-bond acceptors (Lipinski definition) is 1. The maximum atomic E-state index is 8.88. The minimum absolute atomic E-state index is 0.123. The van der Waals surface area contributed by atoms with Gasteiger partial charge in [-0.05, 0) is 26.7 Å². The fraction of sp³-hybridized carbons (Fsp3) is 0.933. The molecule has 0 aromatic rings. The molecule has 0 amide bonds. The maximum Gasteiger partial charge on any atom is 0.0683 e. The topological polar surface area (TPSA) is 23.8 Å². The smallest absolute Gasteiger partial charge is 0.0683 e. The standard InChI is InChI=1S/C15H28ClN/c1-15(2,14-17)12-10-8-6-4-3-5-7-9-11-13-16/h3-13H2,1-2H3. The Morgan fingerprint density at radius 1 is 0.824 bits per heavy atom. The molecule has 0 aliphatic rings. The fourth-order valence-corrected chi connectivity index (χ4v) is 2.14. The van der Waals surface area contributed by atoms with E-state index < -0.39 is 0 Å². The second-order valence-corrected chi connectivity index (χ2v) is 5.99. The minimum atomic E-state index is -0.123. The Bertz CT molecular complexity index is 205. The lowest BCUT2D eigenvalue weighted by Gasteiger charge is -2.14. The van der Waals surface area contributed by atoms with Crippen LogP contribution in [-0.4, -0.2) is 5.88 Å². The molecule has 0 heterocycles. The van der Waals surface area contributed by atoms with E-state index in [4.69, 9.17) is 16.9 Å². The van der Waals surface area contributed by atoms with Gasteiger partial charge in [-0.1, -0.05) is 51.4 Å². The van der Waals surface area contributed by atoms with Gasteiger partial charge in [-0.3, -0.25) is 0 Å². The van der Waals surface area contributed by atoms with E-state index >= 15 is 0 Å². The molecule has 0 rings (SSSR count). The van der Waals surface area contributed by atoms with Gasteiger partial charge in [-0.25, -0.2) is 0 Å². The summed E-state index contributed by atoms with van der Waals surface area (Å²) in [6.45, 7) is 4.06. The van der Waals surface area contributed by atoms with Crippen LogP contribution in [0.1, 0.15) is 78.1 Å². The third kappa shape index (κ3) is 12.0. The molecule has 0 atom stereocenters. The zero-order valence-electron chi connectivity index (χ0n) is 11.6. The van der Waals surface area contributed by atoms with Crippen LogP contribution < -0.4 is 0 Å². The van der Waals surface area contributed by atoms with Crippen molar-refractivity contribution in [3.63, 3.8) is 0 Å². The highest BCUT2D eigenvalue weighted by Crippen LogP contribution is 2.22. The van der Waals surface area contributed by atoms with Gasteiger partial charge < -0.3 is 0 Å². The van der Waals surface area contributed by atoms with E-state index in [1.807, 2.05) is 13.8 Å². The quantitative estimate of drug-likeness (QED) is 0.345. The predicted octanol–water partition coefficient (Wildman–Crippen LogP) is 5.68. The number of alkyl halides is 1. The molecule has 0 fully saturated rings. The van der Waals surface area contributed by atoms with Crippen LogP contribution in [0.2, 0.25) is 0 Å². The fourth-order valence-electron chi connectivity index (χ4n) is 1.95. The average molecular weight is 258 g/mol. The molecule has 0 N–H and O–H groups in total. The minimum Gasteiger partial charge on any atom is -0.198 e. The Morgan fingerprint density at radius 2 is 1.24 bits per heavy atom. The summed E-state index contributed by atoms with van der Waals surface area (Å²) in [5, 5.41) is 8.88. The van der Waals surface area contributed by atoms with E-state index in [-0.39, 0.29) is 5.41 Å². The van der Waals surface area contributed by atoms with Crippen molar-refractivity contribution in [1.29, 1.82) is 5.26 Å². The van der Waals surface area contributed by atoms with E-state index in [1.165, 1.54) is 57.8 Å². The second kappa shape index (κ2) is 10.9. The Balaban J connectivity index is 3.12. The van der Waals surface area contributed by atoms with Gasteiger partial charge in [-0.2, -0.15) is 5.26 Å². The van der Waals surface area contributed by atoms with Gasteiger partial charge in [0.25, 0.3) is 0 Å². The normalized spacial score (nSPS) is 11.4. The van der Waals surface area contributed by atoms with Gasteiger partial charge in [0.2, 0.25) is 0 Å². The van der Waals surface area contributed by atoms with Gasteiger partial charge in [0.1, 0.15) is 0 Å². The maximum absolute atomic E-state index is 8.88. The monoisotopic (exact) mass is 257 g/mol. The SMILES string of the molecule is CC(C)(C#N)CCCCCCCCCCCCl. The molecule has 0 aliphatic heterocycles.